The molecule has 1 aromatic carbocycles. The van der Waals surface area contributed by atoms with Gasteiger partial charge < -0.3 is 14.6 Å². The summed E-state index contributed by atoms with van der Waals surface area (Å²) < 4.78 is 20.7. The third-order valence-corrected chi connectivity index (χ3v) is 4.43. The zero-order valence-corrected chi connectivity index (χ0v) is 13.0. The fourth-order valence-electron chi connectivity index (χ4n) is 3.38. The minimum atomic E-state index is -0.248. The third-order valence-electron chi connectivity index (χ3n) is 4.43. The van der Waals surface area contributed by atoms with E-state index in [-0.39, 0.29) is 18.3 Å². The number of aromatic nitrogens is 1. The fraction of sp³-hybridized carbons (Fsp3) is 0.471. The number of nitrogens with one attached hydrogen (secondary N) is 1. The van der Waals surface area contributed by atoms with E-state index >= 15 is 0 Å². The van der Waals surface area contributed by atoms with Gasteiger partial charge in [0.25, 0.3) is 0 Å². The van der Waals surface area contributed by atoms with Crippen molar-refractivity contribution >= 4 is 16.9 Å². The van der Waals surface area contributed by atoms with E-state index in [0.29, 0.717) is 12.6 Å². The maximum atomic E-state index is 13.7. The maximum Gasteiger partial charge on any atom is 0.325 e. The quantitative estimate of drug-likeness (QED) is 0.882. The fourth-order valence-corrected chi connectivity index (χ4v) is 3.38. The molecule has 0 radical (unpaired) electrons. The van der Waals surface area contributed by atoms with Gasteiger partial charge in [-0.1, -0.05) is 0 Å². The first-order valence-electron chi connectivity index (χ1n) is 7.76. The maximum absolute atomic E-state index is 13.7. The van der Waals surface area contributed by atoms with Gasteiger partial charge in [0, 0.05) is 22.6 Å². The molecule has 0 aliphatic heterocycles. The van der Waals surface area contributed by atoms with E-state index in [4.69, 9.17) is 4.74 Å². The molecule has 1 atom stereocenters. The van der Waals surface area contributed by atoms with Crippen molar-refractivity contribution in [2.24, 2.45) is 0 Å². The van der Waals surface area contributed by atoms with Crippen molar-refractivity contribution in [1.82, 2.24) is 9.88 Å². The Morgan fingerprint density at radius 2 is 2.32 bits per heavy atom. The minimum Gasteiger partial charge on any atom is -0.465 e. The van der Waals surface area contributed by atoms with Gasteiger partial charge in [0.05, 0.1) is 6.61 Å². The summed E-state index contributed by atoms with van der Waals surface area (Å²) in [5.41, 5.74) is 3.21. The van der Waals surface area contributed by atoms with Crippen molar-refractivity contribution in [2.45, 2.75) is 38.8 Å². The number of nitrogens with zero attached hydrogens (tertiary/aromatic N) is 1. The molecule has 1 aliphatic carbocycles. The van der Waals surface area contributed by atoms with Crippen LogP contribution in [0.2, 0.25) is 0 Å². The predicted octanol–water partition coefficient (Wildman–Crippen LogP) is 2.42. The van der Waals surface area contributed by atoms with E-state index < -0.39 is 0 Å². The summed E-state index contributed by atoms with van der Waals surface area (Å²) in [5, 5.41) is 4.22. The van der Waals surface area contributed by atoms with Crippen molar-refractivity contribution in [3.63, 3.8) is 0 Å². The lowest BCUT2D eigenvalue weighted by Crippen LogP contribution is -2.32. The van der Waals surface area contributed by atoms with Crippen LogP contribution in [-0.4, -0.2) is 30.2 Å². The van der Waals surface area contributed by atoms with E-state index in [0.717, 1.165) is 41.4 Å². The average molecular weight is 304 g/mol. The van der Waals surface area contributed by atoms with Crippen molar-refractivity contribution < 1.29 is 13.9 Å². The Morgan fingerprint density at radius 1 is 1.50 bits per heavy atom. The number of benzene rings is 1. The van der Waals surface area contributed by atoms with Crippen LogP contribution >= 0.6 is 0 Å². The van der Waals surface area contributed by atoms with Crippen LogP contribution in [0.3, 0.4) is 0 Å². The smallest absolute Gasteiger partial charge is 0.325 e. The van der Waals surface area contributed by atoms with E-state index in [1.165, 1.54) is 6.07 Å². The van der Waals surface area contributed by atoms with Gasteiger partial charge in [0.2, 0.25) is 0 Å². The summed E-state index contributed by atoms with van der Waals surface area (Å²) in [7, 11) is 1.95. The van der Waals surface area contributed by atoms with Crippen molar-refractivity contribution in [1.29, 1.82) is 0 Å². The van der Waals surface area contributed by atoms with Gasteiger partial charge in [0.15, 0.2) is 0 Å². The topological polar surface area (TPSA) is 43.3 Å². The monoisotopic (exact) mass is 304 g/mol. The number of fused-ring (bicyclic) bond motifs is 3. The van der Waals surface area contributed by atoms with Gasteiger partial charge in [-0.3, -0.25) is 4.79 Å². The highest BCUT2D eigenvalue weighted by Gasteiger charge is 2.25. The first kappa shape index (κ1) is 15.0. The second-order valence-corrected chi connectivity index (χ2v) is 5.71. The van der Waals surface area contributed by atoms with Gasteiger partial charge in [-0.2, -0.15) is 0 Å². The number of ether oxygens (including phenoxy) is 1. The highest BCUT2D eigenvalue weighted by Crippen LogP contribution is 2.32. The summed E-state index contributed by atoms with van der Waals surface area (Å²) in [5.74, 6) is -0.488. The zero-order valence-electron chi connectivity index (χ0n) is 13.0. The van der Waals surface area contributed by atoms with Gasteiger partial charge in [-0.05, 0) is 57.0 Å². The van der Waals surface area contributed by atoms with Crippen LogP contribution in [0.25, 0.3) is 10.9 Å². The number of halogens is 1. The summed E-state index contributed by atoms with van der Waals surface area (Å²) in [6, 6.07) is 5.19. The molecule has 1 aliphatic rings. The number of carbonyl (C=O) groups excluding carboxylic acids is 1. The summed E-state index contributed by atoms with van der Waals surface area (Å²) in [6.07, 6.45) is 2.77. The van der Waals surface area contributed by atoms with Crippen molar-refractivity contribution in [3.05, 3.63) is 35.3 Å². The summed E-state index contributed by atoms with van der Waals surface area (Å²) in [4.78, 5) is 11.9. The van der Waals surface area contributed by atoms with Crippen molar-refractivity contribution in [2.75, 3.05) is 13.7 Å². The number of likely N-dealkylation sites (N-methyl/N-ethyl adjacent to an activating group) is 1. The number of rotatable bonds is 4. The lowest BCUT2D eigenvalue weighted by Gasteiger charge is -2.23. The SMILES string of the molecule is CCOC(=O)Cn1c2c(c3cc(F)ccc31)C[C@@H](NC)CC2. The van der Waals surface area contributed by atoms with Gasteiger partial charge in [-0.25, -0.2) is 4.39 Å². The van der Waals surface area contributed by atoms with Crippen LogP contribution in [0.5, 0.6) is 0 Å². The highest BCUT2D eigenvalue weighted by atomic mass is 19.1. The van der Waals surface area contributed by atoms with Gasteiger partial charge in [-0.15, -0.1) is 0 Å². The minimum absolute atomic E-state index is 0.190. The summed E-state index contributed by atoms with van der Waals surface area (Å²) in [6.45, 7) is 2.36. The van der Waals surface area contributed by atoms with Crippen LogP contribution in [-0.2, 0) is 28.9 Å². The van der Waals surface area contributed by atoms with Gasteiger partial charge >= 0.3 is 5.97 Å². The molecule has 118 valence electrons. The molecule has 0 spiro atoms. The number of hydrogen-bond acceptors (Lipinski definition) is 3. The van der Waals surface area contributed by atoms with Crippen molar-refractivity contribution in [3.8, 4) is 0 Å². The molecule has 5 heteroatoms. The molecule has 0 bridgehead atoms. The molecule has 3 rings (SSSR count). The van der Waals surface area contributed by atoms with Crippen LogP contribution in [0.1, 0.15) is 24.6 Å². The van der Waals surface area contributed by atoms with E-state index in [2.05, 4.69) is 5.32 Å². The molecule has 22 heavy (non-hydrogen) atoms. The van der Waals surface area contributed by atoms with E-state index in [9.17, 15) is 9.18 Å². The number of carbonyl (C=O) groups is 1. The molecular weight excluding hydrogens is 283 g/mol. The van der Waals surface area contributed by atoms with Crippen LogP contribution in [0, 0.1) is 5.82 Å². The lowest BCUT2D eigenvalue weighted by molar-refractivity contribution is -0.143. The third kappa shape index (κ3) is 2.61. The lowest BCUT2D eigenvalue weighted by atomic mass is 9.91. The Hall–Kier alpha value is -1.88. The molecule has 0 unspecified atom stereocenters. The molecule has 1 N–H and O–H groups in total. The Labute approximate surface area is 129 Å². The van der Waals surface area contributed by atoms with Crippen LogP contribution in [0.15, 0.2) is 18.2 Å². The molecule has 0 saturated heterocycles. The Kier molecular flexibility index (Phi) is 4.16. The Bertz CT molecular complexity index is 708. The molecule has 1 heterocycles. The first-order chi connectivity index (χ1) is 10.6. The second kappa shape index (κ2) is 6.08. The Balaban J connectivity index is 2.09. The second-order valence-electron chi connectivity index (χ2n) is 5.71. The summed E-state index contributed by atoms with van der Waals surface area (Å²) >= 11 is 0. The Morgan fingerprint density at radius 3 is 3.05 bits per heavy atom. The zero-order chi connectivity index (χ0) is 15.7. The predicted molar refractivity (Wildman–Crippen MR) is 83.4 cm³/mol. The molecule has 0 saturated carbocycles. The van der Waals surface area contributed by atoms with E-state index in [1.807, 2.05) is 11.6 Å². The molecule has 1 aromatic heterocycles. The largest absolute Gasteiger partial charge is 0.465 e. The molecular formula is C17H21FN2O2. The molecule has 0 fully saturated rings. The molecule has 2 aromatic rings. The number of esters is 1. The standard InChI is InChI=1S/C17H21FN2O2/c1-3-22-17(21)10-20-15-6-4-11(18)8-13(15)14-9-12(19-2)5-7-16(14)20/h4,6,8,12,19H,3,5,7,9-10H2,1-2H3/t12-/m0/s1. The van der Waals surface area contributed by atoms with Crippen LogP contribution < -0.4 is 5.32 Å². The normalized spacial score (nSPS) is 17.5. The molecule has 0 amide bonds. The molecule has 4 nitrogen and oxygen atoms in total. The first-order valence-corrected chi connectivity index (χ1v) is 7.76. The van der Waals surface area contributed by atoms with E-state index in [1.54, 1.807) is 19.1 Å². The number of hydrogen-bond donors (Lipinski definition) is 1. The van der Waals surface area contributed by atoms with Crippen LogP contribution in [0.4, 0.5) is 4.39 Å². The van der Waals surface area contributed by atoms with Gasteiger partial charge in [0.1, 0.15) is 12.4 Å². The average Bonchev–Trinajstić information content (AvgIpc) is 2.80. The highest BCUT2D eigenvalue weighted by molar-refractivity contribution is 5.87.